The van der Waals surface area contributed by atoms with Gasteiger partial charge in [-0.3, -0.25) is 4.79 Å². The van der Waals surface area contributed by atoms with Crippen molar-refractivity contribution in [2.45, 2.75) is 78.9 Å². The zero-order valence-electron chi connectivity index (χ0n) is 18.3. The van der Waals surface area contributed by atoms with Crippen molar-refractivity contribution in [1.82, 2.24) is 0 Å². The van der Waals surface area contributed by atoms with Crippen LogP contribution in [0.15, 0.2) is 47.6 Å². The Morgan fingerprint density at radius 3 is 1.50 bits per heavy atom. The van der Waals surface area contributed by atoms with Crippen molar-refractivity contribution in [3.63, 3.8) is 0 Å². The third-order valence-electron chi connectivity index (χ3n) is 6.85. The molecule has 0 radical (unpaired) electrons. The number of rotatable bonds is 4. The number of allylic oxidation sites excluding steroid dienone is 4. The molecule has 156 valence electrons. The van der Waals surface area contributed by atoms with E-state index in [9.17, 15) is 20.1 Å². The van der Waals surface area contributed by atoms with E-state index < -0.39 is 33.4 Å². The summed E-state index contributed by atoms with van der Waals surface area (Å²) < 4.78 is 0. The van der Waals surface area contributed by atoms with Crippen molar-refractivity contribution in [2.75, 3.05) is 0 Å². The summed E-state index contributed by atoms with van der Waals surface area (Å²) in [6.07, 6.45) is 11.6. The summed E-state index contributed by atoms with van der Waals surface area (Å²) in [4.78, 5) is 12.7. The number of hydrogen-bond acceptors (Lipinski definition) is 3. The Morgan fingerprint density at radius 1 is 0.893 bits per heavy atom. The zero-order chi connectivity index (χ0) is 21.6. The third-order valence-corrected chi connectivity index (χ3v) is 6.85. The molecule has 0 aliphatic heterocycles. The Labute approximate surface area is 169 Å². The average Bonchev–Trinajstić information content (AvgIpc) is 2.54. The minimum absolute atomic E-state index is 0.252. The maximum absolute atomic E-state index is 12.7. The molecule has 0 bridgehead atoms. The summed E-state index contributed by atoms with van der Waals surface area (Å²) in [6, 6.07) is 0. The summed E-state index contributed by atoms with van der Waals surface area (Å²) >= 11 is 0. The summed E-state index contributed by atoms with van der Waals surface area (Å²) in [7, 11) is 0. The SMILES string of the molecule is CCC(C(=O)O)(C1=CC=CC(O)(C(C)(C)C)C1)C1=CC=CC(O)(C(C)(C)C)C1. The van der Waals surface area contributed by atoms with Gasteiger partial charge < -0.3 is 15.3 Å². The van der Waals surface area contributed by atoms with Crippen LogP contribution < -0.4 is 0 Å². The molecule has 4 nitrogen and oxygen atoms in total. The van der Waals surface area contributed by atoms with E-state index in [1.54, 1.807) is 24.3 Å². The normalized spacial score (nSPS) is 30.5. The summed E-state index contributed by atoms with van der Waals surface area (Å²) in [6.45, 7) is 13.6. The van der Waals surface area contributed by atoms with E-state index in [1.807, 2.05) is 60.6 Å². The molecule has 0 fully saturated rings. The van der Waals surface area contributed by atoms with Gasteiger partial charge in [0.25, 0.3) is 0 Å². The second kappa shape index (κ2) is 7.00. The molecule has 0 aromatic rings. The Bertz CT molecular complexity index is 700. The zero-order valence-corrected chi connectivity index (χ0v) is 18.3. The average molecular weight is 389 g/mol. The van der Waals surface area contributed by atoms with Crippen LogP contribution in [-0.4, -0.2) is 32.5 Å². The van der Waals surface area contributed by atoms with Gasteiger partial charge in [0.05, 0.1) is 11.2 Å². The highest BCUT2D eigenvalue weighted by Gasteiger charge is 2.52. The first-order chi connectivity index (χ1) is 12.6. The van der Waals surface area contributed by atoms with Crippen molar-refractivity contribution < 1.29 is 20.1 Å². The van der Waals surface area contributed by atoms with Crippen LogP contribution >= 0.6 is 0 Å². The van der Waals surface area contributed by atoms with E-state index >= 15 is 0 Å². The molecule has 0 amide bonds. The molecule has 0 saturated heterocycles. The highest BCUT2D eigenvalue weighted by atomic mass is 16.4. The molecule has 2 aliphatic rings. The van der Waals surface area contributed by atoms with E-state index in [-0.39, 0.29) is 12.8 Å². The lowest BCUT2D eigenvalue weighted by atomic mass is 9.59. The van der Waals surface area contributed by atoms with Crippen LogP contribution in [0.1, 0.15) is 67.7 Å². The fourth-order valence-corrected chi connectivity index (χ4v) is 4.17. The topological polar surface area (TPSA) is 77.8 Å². The van der Waals surface area contributed by atoms with Gasteiger partial charge in [-0.15, -0.1) is 0 Å². The molecule has 2 atom stereocenters. The Hall–Kier alpha value is -1.65. The van der Waals surface area contributed by atoms with E-state index in [1.165, 1.54) is 0 Å². The van der Waals surface area contributed by atoms with E-state index in [0.29, 0.717) is 17.6 Å². The summed E-state index contributed by atoms with van der Waals surface area (Å²) in [5.74, 6) is -0.939. The van der Waals surface area contributed by atoms with Crippen LogP contribution in [0.2, 0.25) is 0 Å². The van der Waals surface area contributed by atoms with Crippen molar-refractivity contribution in [2.24, 2.45) is 16.2 Å². The monoisotopic (exact) mass is 388 g/mol. The number of aliphatic carboxylic acids is 1. The van der Waals surface area contributed by atoms with Gasteiger partial charge in [0, 0.05) is 12.8 Å². The summed E-state index contributed by atoms with van der Waals surface area (Å²) in [5, 5.41) is 32.9. The minimum atomic E-state index is -1.26. The van der Waals surface area contributed by atoms with Gasteiger partial charge in [-0.2, -0.15) is 0 Å². The second-order valence-corrected chi connectivity index (χ2v) is 10.4. The number of aliphatic hydroxyl groups is 2. The lowest BCUT2D eigenvalue weighted by molar-refractivity contribution is -0.145. The van der Waals surface area contributed by atoms with Gasteiger partial charge in [-0.05, 0) is 28.4 Å². The first kappa shape index (κ1) is 22.6. The maximum Gasteiger partial charge on any atom is 0.317 e. The molecule has 0 spiro atoms. The van der Waals surface area contributed by atoms with Crippen LogP contribution in [0.5, 0.6) is 0 Å². The first-order valence-electron chi connectivity index (χ1n) is 10.1. The molecule has 0 aromatic carbocycles. The fraction of sp³-hybridized carbons (Fsp3) is 0.625. The highest BCUT2D eigenvalue weighted by Crippen LogP contribution is 2.52. The quantitative estimate of drug-likeness (QED) is 0.647. The molecule has 2 unspecified atom stereocenters. The Morgan fingerprint density at radius 2 is 1.25 bits per heavy atom. The van der Waals surface area contributed by atoms with E-state index in [4.69, 9.17) is 0 Å². The van der Waals surface area contributed by atoms with Crippen molar-refractivity contribution in [3.05, 3.63) is 47.6 Å². The van der Waals surface area contributed by atoms with E-state index in [0.717, 1.165) is 0 Å². The van der Waals surface area contributed by atoms with E-state index in [2.05, 4.69) is 0 Å². The molecular formula is C24H36O4. The first-order valence-corrected chi connectivity index (χ1v) is 10.1. The van der Waals surface area contributed by atoms with Crippen molar-refractivity contribution in [1.29, 1.82) is 0 Å². The van der Waals surface area contributed by atoms with Gasteiger partial charge in [0.15, 0.2) is 0 Å². The van der Waals surface area contributed by atoms with Crippen LogP contribution in [0.3, 0.4) is 0 Å². The largest absolute Gasteiger partial charge is 0.480 e. The predicted molar refractivity (Wildman–Crippen MR) is 113 cm³/mol. The molecule has 2 rings (SSSR count). The van der Waals surface area contributed by atoms with Crippen LogP contribution in [0.25, 0.3) is 0 Å². The molecule has 3 N–H and O–H groups in total. The molecule has 28 heavy (non-hydrogen) atoms. The Kier molecular flexibility index (Phi) is 5.66. The molecule has 2 aliphatic carbocycles. The number of carboxylic acid groups (broad SMARTS) is 1. The molecule has 0 heterocycles. The lowest BCUT2D eigenvalue weighted by Gasteiger charge is -2.47. The smallest absolute Gasteiger partial charge is 0.317 e. The highest BCUT2D eigenvalue weighted by molar-refractivity contribution is 5.83. The van der Waals surface area contributed by atoms with Gasteiger partial charge >= 0.3 is 5.97 Å². The van der Waals surface area contributed by atoms with Crippen molar-refractivity contribution in [3.8, 4) is 0 Å². The molecule has 0 saturated carbocycles. The third kappa shape index (κ3) is 3.53. The standard InChI is InChI=1S/C24H36O4/c1-8-24(19(25)26,17-11-9-13-22(27,15-17)20(2,3)4)18-12-10-14-23(28,16-18)21(5,6)7/h9-14,27-28H,8,15-16H2,1-7H3,(H,25,26). The number of carbonyl (C=O) groups is 1. The van der Waals surface area contributed by atoms with Crippen LogP contribution in [-0.2, 0) is 4.79 Å². The minimum Gasteiger partial charge on any atom is -0.480 e. The lowest BCUT2D eigenvalue weighted by Crippen LogP contribution is -2.48. The van der Waals surface area contributed by atoms with Gasteiger partial charge in [0.2, 0.25) is 0 Å². The van der Waals surface area contributed by atoms with Gasteiger partial charge in [-0.25, -0.2) is 0 Å². The summed E-state index contributed by atoms with van der Waals surface area (Å²) in [5.41, 5.74) is -3.02. The molecule has 4 heteroatoms. The molecular weight excluding hydrogens is 352 g/mol. The van der Waals surface area contributed by atoms with Gasteiger partial charge in [-0.1, -0.05) is 84.9 Å². The maximum atomic E-state index is 12.7. The predicted octanol–water partition coefficient (Wildman–Crippen LogP) is 4.79. The number of hydrogen-bond donors (Lipinski definition) is 3. The molecule has 0 aromatic heterocycles. The van der Waals surface area contributed by atoms with Crippen molar-refractivity contribution >= 4 is 5.97 Å². The van der Waals surface area contributed by atoms with Crippen LogP contribution in [0.4, 0.5) is 0 Å². The fourth-order valence-electron chi connectivity index (χ4n) is 4.17. The van der Waals surface area contributed by atoms with Gasteiger partial charge in [0.1, 0.15) is 5.41 Å². The number of carboxylic acids is 1. The van der Waals surface area contributed by atoms with Crippen LogP contribution in [0, 0.1) is 16.2 Å². The second-order valence-electron chi connectivity index (χ2n) is 10.4. The Balaban J connectivity index is 2.57.